The number of likely N-dealkylation sites (tertiary alicyclic amines) is 1. The number of Topliss-reactive ketones (excluding diaryl/α,β-unsaturated/α-hetero) is 1. The predicted octanol–water partition coefficient (Wildman–Crippen LogP) is 3.71. The molecule has 0 radical (unpaired) electrons. The fraction of sp³-hybridized carbons (Fsp3) is 0.333. The summed E-state index contributed by atoms with van der Waals surface area (Å²) in [6.07, 6.45) is 4.88. The first kappa shape index (κ1) is 20.8. The Kier molecular flexibility index (Phi) is 6.11. The molecule has 0 aromatic heterocycles. The van der Waals surface area contributed by atoms with E-state index >= 15 is 0 Å². The number of piperidine rings is 1. The van der Waals surface area contributed by atoms with Gasteiger partial charge in [0.1, 0.15) is 23.0 Å². The molecule has 4 rings (SSSR count). The monoisotopic (exact) mass is 423 g/mol. The minimum Gasteiger partial charge on any atom is -0.497 e. The highest BCUT2D eigenvalue weighted by Crippen LogP contribution is 2.36. The Balaban J connectivity index is 1.47. The Hall–Kier alpha value is -3.48. The van der Waals surface area contributed by atoms with Crippen LogP contribution in [0.1, 0.15) is 35.2 Å². The van der Waals surface area contributed by atoms with Crippen molar-refractivity contribution < 1.29 is 28.5 Å². The van der Waals surface area contributed by atoms with Crippen LogP contribution in [0, 0.1) is 0 Å². The molecule has 0 bridgehead atoms. The number of allylic oxidation sites excluding steroid dienone is 1. The molecule has 0 aliphatic carbocycles. The fourth-order valence-corrected chi connectivity index (χ4v) is 3.72. The Labute approximate surface area is 181 Å². The van der Waals surface area contributed by atoms with E-state index in [0.717, 1.165) is 25.9 Å². The number of rotatable bonds is 6. The van der Waals surface area contributed by atoms with Gasteiger partial charge in [0.15, 0.2) is 12.4 Å². The summed E-state index contributed by atoms with van der Waals surface area (Å²) in [6.45, 7) is 1.54. The molecule has 0 N–H and O–H groups in total. The summed E-state index contributed by atoms with van der Waals surface area (Å²) in [5, 5.41) is 0. The molecule has 2 aromatic carbocycles. The van der Waals surface area contributed by atoms with Crippen molar-refractivity contribution in [3.8, 4) is 23.0 Å². The third-order valence-electron chi connectivity index (χ3n) is 5.44. The highest BCUT2D eigenvalue weighted by Gasteiger charge is 2.28. The van der Waals surface area contributed by atoms with Gasteiger partial charge in [-0.25, -0.2) is 0 Å². The van der Waals surface area contributed by atoms with Crippen LogP contribution >= 0.6 is 0 Å². The van der Waals surface area contributed by atoms with Gasteiger partial charge in [-0.05, 0) is 49.6 Å². The minimum absolute atomic E-state index is 0.0237. The average molecular weight is 423 g/mol. The summed E-state index contributed by atoms with van der Waals surface area (Å²) in [4.78, 5) is 26.9. The van der Waals surface area contributed by atoms with Crippen LogP contribution in [-0.2, 0) is 4.79 Å². The second kappa shape index (κ2) is 9.12. The van der Waals surface area contributed by atoms with E-state index < -0.39 is 0 Å². The smallest absolute Gasteiger partial charge is 0.260 e. The van der Waals surface area contributed by atoms with E-state index in [9.17, 15) is 9.59 Å². The van der Waals surface area contributed by atoms with Crippen LogP contribution in [0.4, 0.5) is 0 Å². The summed E-state index contributed by atoms with van der Waals surface area (Å²) in [5.74, 6) is 2.07. The lowest BCUT2D eigenvalue weighted by Crippen LogP contribution is -2.38. The lowest BCUT2D eigenvalue weighted by molar-refractivity contribution is -0.134. The van der Waals surface area contributed by atoms with Crippen LogP contribution < -0.4 is 18.9 Å². The summed E-state index contributed by atoms with van der Waals surface area (Å²) >= 11 is 0. The summed E-state index contributed by atoms with van der Waals surface area (Å²) in [5.41, 5.74) is 1.15. The van der Waals surface area contributed by atoms with E-state index in [4.69, 9.17) is 18.9 Å². The van der Waals surface area contributed by atoms with Crippen molar-refractivity contribution in [3.63, 3.8) is 0 Å². The number of carbonyl (C=O) groups excluding carboxylic acids is 2. The third kappa shape index (κ3) is 4.50. The Morgan fingerprint density at radius 3 is 2.55 bits per heavy atom. The van der Waals surface area contributed by atoms with Crippen LogP contribution in [0.2, 0.25) is 0 Å². The first-order valence-electron chi connectivity index (χ1n) is 10.3. The minimum atomic E-state index is -0.219. The zero-order valence-electron chi connectivity index (χ0n) is 17.7. The second-order valence-electron chi connectivity index (χ2n) is 7.44. The number of hydrogen-bond donors (Lipinski definition) is 0. The van der Waals surface area contributed by atoms with Crippen molar-refractivity contribution in [1.29, 1.82) is 0 Å². The van der Waals surface area contributed by atoms with Crippen LogP contribution in [-0.4, -0.2) is 50.5 Å². The Morgan fingerprint density at radius 2 is 1.81 bits per heavy atom. The molecule has 1 amide bonds. The van der Waals surface area contributed by atoms with Crippen molar-refractivity contribution in [1.82, 2.24) is 4.90 Å². The normalized spacial score (nSPS) is 16.6. The Bertz CT molecular complexity index is 1020. The molecule has 2 aromatic rings. The van der Waals surface area contributed by atoms with Crippen molar-refractivity contribution in [2.24, 2.45) is 0 Å². The van der Waals surface area contributed by atoms with E-state index in [2.05, 4.69) is 0 Å². The largest absolute Gasteiger partial charge is 0.497 e. The quantitative estimate of drug-likeness (QED) is 0.660. The number of hydrogen-bond acceptors (Lipinski definition) is 6. The molecule has 2 aliphatic heterocycles. The maximum Gasteiger partial charge on any atom is 0.260 e. The number of nitrogens with zero attached hydrogens (tertiary/aromatic N) is 1. The van der Waals surface area contributed by atoms with E-state index in [1.54, 1.807) is 56.7 Å². The van der Waals surface area contributed by atoms with Gasteiger partial charge in [-0.2, -0.15) is 0 Å². The van der Waals surface area contributed by atoms with Gasteiger partial charge in [-0.3, -0.25) is 9.59 Å². The molecule has 0 atom stereocenters. The van der Waals surface area contributed by atoms with E-state index in [1.807, 2.05) is 4.90 Å². The number of fused-ring (bicyclic) bond motifs is 1. The fourth-order valence-electron chi connectivity index (χ4n) is 3.72. The lowest BCUT2D eigenvalue weighted by Gasteiger charge is -2.26. The zero-order chi connectivity index (χ0) is 21.8. The topological polar surface area (TPSA) is 74.3 Å². The van der Waals surface area contributed by atoms with E-state index in [-0.39, 0.29) is 24.1 Å². The predicted molar refractivity (Wildman–Crippen MR) is 115 cm³/mol. The van der Waals surface area contributed by atoms with E-state index in [0.29, 0.717) is 34.1 Å². The standard InChI is InChI=1S/C24H25NO6/c1-28-17-7-6-16(20(13-17)29-2)12-22-24(27)19-9-8-18(14-21(19)31-22)30-15-23(26)25-10-4-3-5-11-25/h6-9,12-14H,3-5,10-11,15H2,1-2H3. The molecule has 0 saturated carbocycles. The summed E-state index contributed by atoms with van der Waals surface area (Å²) in [7, 11) is 3.13. The van der Waals surface area contributed by atoms with E-state index in [1.165, 1.54) is 6.42 Å². The molecular formula is C24H25NO6. The van der Waals surface area contributed by atoms with Gasteiger partial charge in [0, 0.05) is 30.8 Å². The lowest BCUT2D eigenvalue weighted by atomic mass is 10.1. The number of benzene rings is 2. The molecule has 162 valence electrons. The summed E-state index contributed by atoms with van der Waals surface area (Å²) < 4.78 is 22.0. The second-order valence-corrected chi connectivity index (χ2v) is 7.44. The molecular weight excluding hydrogens is 398 g/mol. The van der Waals surface area contributed by atoms with Gasteiger partial charge in [0.25, 0.3) is 5.91 Å². The van der Waals surface area contributed by atoms with Gasteiger partial charge >= 0.3 is 0 Å². The highest BCUT2D eigenvalue weighted by molar-refractivity contribution is 6.14. The number of carbonyl (C=O) groups is 2. The highest BCUT2D eigenvalue weighted by atomic mass is 16.5. The van der Waals surface area contributed by atoms with Crippen LogP contribution in [0.15, 0.2) is 42.2 Å². The molecule has 2 heterocycles. The molecule has 7 heteroatoms. The molecule has 31 heavy (non-hydrogen) atoms. The first-order valence-corrected chi connectivity index (χ1v) is 10.3. The molecule has 0 unspecified atom stereocenters. The van der Waals surface area contributed by atoms with Gasteiger partial charge in [0.05, 0.1) is 19.8 Å². The number of ether oxygens (including phenoxy) is 4. The maximum atomic E-state index is 12.7. The molecule has 0 spiro atoms. The third-order valence-corrected chi connectivity index (χ3v) is 5.44. The van der Waals surface area contributed by atoms with Crippen molar-refractivity contribution in [2.45, 2.75) is 19.3 Å². The Morgan fingerprint density at radius 1 is 1.03 bits per heavy atom. The average Bonchev–Trinajstić information content (AvgIpc) is 3.12. The van der Waals surface area contributed by atoms with Crippen LogP contribution in [0.25, 0.3) is 6.08 Å². The number of amides is 1. The van der Waals surface area contributed by atoms with Crippen molar-refractivity contribution in [3.05, 3.63) is 53.3 Å². The molecule has 2 aliphatic rings. The zero-order valence-corrected chi connectivity index (χ0v) is 17.7. The van der Waals surface area contributed by atoms with Gasteiger partial charge < -0.3 is 23.8 Å². The van der Waals surface area contributed by atoms with Crippen LogP contribution in [0.5, 0.6) is 23.0 Å². The van der Waals surface area contributed by atoms with Gasteiger partial charge in [-0.15, -0.1) is 0 Å². The molecule has 7 nitrogen and oxygen atoms in total. The molecule has 1 saturated heterocycles. The maximum absolute atomic E-state index is 12.7. The number of ketones is 1. The van der Waals surface area contributed by atoms with Gasteiger partial charge in [0.2, 0.25) is 5.78 Å². The molecule has 1 fully saturated rings. The summed E-state index contributed by atoms with van der Waals surface area (Å²) in [6, 6.07) is 10.3. The van der Waals surface area contributed by atoms with Crippen molar-refractivity contribution in [2.75, 3.05) is 33.9 Å². The SMILES string of the molecule is COc1ccc(C=C2Oc3cc(OCC(=O)N4CCCCC4)ccc3C2=O)c(OC)c1. The van der Waals surface area contributed by atoms with Crippen molar-refractivity contribution >= 4 is 17.8 Å². The first-order chi connectivity index (χ1) is 15.1. The van der Waals surface area contributed by atoms with Gasteiger partial charge in [-0.1, -0.05) is 0 Å². The number of methoxy groups -OCH3 is 2. The van der Waals surface area contributed by atoms with Crippen LogP contribution in [0.3, 0.4) is 0 Å².